The van der Waals surface area contributed by atoms with Crippen LogP contribution in [0.25, 0.3) is 0 Å². The number of nitrogens with one attached hydrogen (secondary N) is 1. The maximum atomic E-state index is 12.0. The second kappa shape index (κ2) is 6.84. The van der Waals surface area contributed by atoms with Crippen LogP contribution in [-0.4, -0.2) is 29.1 Å². The fourth-order valence-electron chi connectivity index (χ4n) is 1.75. The lowest BCUT2D eigenvalue weighted by Crippen LogP contribution is -2.29. The number of aliphatic hydroxyl groups is 1. The molecule has 19 heavy (non-hydrogen) atoms. The normalized spacial score (nSPS) is 11.9. The zero-order chi connectivity index (χ0) is 14.4. The highest BCUT2D eigenvalue weighted by Crippen LogP contribution is 2.20. The van der Waals surface area contributed by atoms with Crippen LogP contribution in [0.15, 0.2) is 18.2 Å². The van der Waals surface area contributed by atoms with Crippen molar-refractivity contribution in [3.8, 4) is 0 Å². The summed E-state index contributed by atoms with van der Waals surface area (Å²) < 4.78 is 0. The number of nitro groups is 1. The summed E-state index contributed by atoms with van der Waals surface area (Å²) in [6, 6.07) is 4.44. The van der Waals surface area contributed by atoms with E-state index in [9.17, 15) is 14.9 Å². The lowest BCUT2D eigenvalue weighted by molar-refractivity contribution is -0.385. The van der Waals surface area contributed by atoms with E-state index in [1.54, 1.807) is 13.0 Å². The van der Waals surface area contributed by atoms with Crippen molar-refractivity contribution in [2.24, 2.45) is 5.92 Å². The number of carbonyl (C=O) groups excluding carboxylic acids is 1. The molecule has 0 aromatic heterocycles. The third kappa shape index (κ3) is 4.03. The maximum Gasteiger partial charge on any atom is 0.273 e. The van der Waals surface area contributed by atoms with Crippen molar-refractivity contribution in [1.82, 2.24) is 5.32 Å². The van der Waals surface area contributed by atoms with E-state index in [1.807, 2.05) is 6.92 Å². The Bertz CT molecular complexity index is 474. The number of benzene rings is 1. The molecular formula is C13H18N2O4. The van der Waals surface area contributed by atoms with Crippen LogP contribution in [0, 0.1) is 23.0 Å². The van der Waals surface area contributed by atoms with Gasteiger partial charge in [-0.15, -0.1) is 0 Å². The van der Waals surface area contributed by atoms with Crippen molar-refractivity contribution >= 4 is 11.6 Å². The molecule has 1 unspecified atom stereocenters. The van der Waals surface area contributed by atoms with Crippen LogP contribution in [0.5, 0.6) is 0 Å². The summed E-state index contributed by atoms with van der Waals surface area (Å²) >= 11 is 0. The smallest absolute Gasteiger partial charge is 0.273 e. The van der Waals surface area contributed by atoms with Crippen molar-refractivity contribution < 1.29 is 14.8 Å². The molecule has 1 amide bonds. The zero-order valence-corrected chi connectivity index (χ0v) is 11.0. The minimum Gasteiger partial charge on any atom is -0.396 e. The van der Waals surface area contributed by atoms with E-state index in [-0.39, 0.29) is 24.1 Å². The van der Waals surface area contributed by atoms with Gasteiger partial charge in [0.15, 0.2) is 0 Å². The van der Waals surface area contributed by atoms with Crippen molar-refractivity contribution in [2.45, 2.75) is 20.3 Å². The van der Waals surface area contributed by atoms with Gasteiger partial charge in [0.05, 0.1) is 4.92 Å². The molecule has 1 atom stereocenters. The van der Waals surface area contributed by atoms with Crippen LogP contribution in [-0.2, 0) is 0 Å². The number of nitro benzene ring substituents is 1. The van der Waals surface area contributed by atoms with Crippen molar-refractivity contribution in [2.75, 3.05) is 13.2 Å². The number of hydrogen-bond acceptors (Lipinski definition) is 4. The summed E-state index contributed by atoms with van der Waals surface area (Å²) in [6.45, 7) is 3.98. The Morgan fingerprint density at radius 1 is 1.53 bits per heavy atom. The number of amides is 1. The predicted molar refractivity (Wildman–Crippen MR) is 71.0 cm³/mol. The fraction of sp³-hybridized carbons (Fsp3) is 0.462. The van der Waals surface area contributed by atoms with Gasteiger partial charge in [0.1, 0.15) is 0 Å². The molecule has 0 spiro atoms. The van der Waals surface area contributed by atoms with E-state index in [4.69, 9.17) is 5.11 Å². The number of nitrogens with zero attached hydrogens (tertiary/aromatic N) is 1. The molecule has 1 aromatic carbocycles. The molecule has 0 heterocycles. The Labute approximate surface area is 111 Å². The molecule has 0 saturated heterocycles. The molecule has 0 bridgehead atoms. The topological polar surface area (TPSA) is 92.5 Å². The average Bonchev–Trinajstić information content (AvgIpc) is 2.36. The summed E-state index contributed by atoms with van der Waals surface area (Å²) in [4.78, 5) is 22.2. The second-order valence-corrected chi connectivity index (χ2v) is 4.53. The number of carbonyl (C=O) groups is 1. The van der Waals surface area contributed by atoms with Crippen LogP contribution in [0.2, 0.25) is 0 Å². The number of aliphatic hydroxyl groups excluding tert-OH is 1. The van der Waals surface area contributed by atoms with E-state index in [0.717, 1.165) is 0 Å². The first-order valence-corrected chi connectivity index (χ1v) is 6.10. The molecular weight excluding hydrogens is 248 g/mol. The van der Waals surface area contributed by atoms with Gasteiger partial charge in [0.25, 0.3) is 11.6 Å². The van der Waals surface area contributed by atoms with Gasteiger partial charge in [-0.25, -0.2) is 0 Å². The lowest BCUT2D eigenvalue weighted by Gasteiger charge is -2.12. The third-order valence-corrected chi connectivity index (χ3v) is 2.98. The monoisotopic (exact) mass is 266 g/mol. The summed E-state index contributed by atoms with van der Waals surface area (Å²) in [7, 11) is 0. The molecule has 0 radical (unpaired) electrons. The molecule has 0 aliphatic heterocycles. The van der Waals surface area contributed by atoms with Crippen molar-refractivity contribution in [3.63, 3.8) is 0 Å². The quantitative estimate of drug-likeness (QED) is 0.605. The van der Waals surface area contributed by atoms with Gasteiger partial charge in [0.2, 0.25) is 0 Å². The molecule has 1 rings (SSSR count). The van der Waals surface area contributed by atoms with Gasteiger partial charge < -0.3 is 10.4 Å². The van der Waals surface area contributed by atoms with Gasteiger partial charge in [-0.05, 0) is 25.3 Å². The van der Waals surface area contributed by atoms with Crippen LogP contribution in [0.1, 0.15) is 29.3 Å². The van der Waals surface area contributed by atoms with E-state index >= 15 is 0 Å². The minimum atomic E-state index is -0.500. The second-order valence-electron chi connectivity index (χ2n) is 4.53. The summed E-state index contributed by atoms with van der Waals surface area (Å²) in [5.41, 5.74) is 0.612. The van der Waals surface area contributed by atoms with E-state index < -0.39 is 4.92 Å². The lowest BCUT2D eigenvalue weighted by atomic mass is 10.1. The fourth-order valence-corrected chi connectivity index (χ4v) is 1.75. The van der Waals surface area contributed by atoms with Crippen LogP contribution >= 0.6 is 0 Å². The van der Waals surface area contributed by atoms with Crippen LogP contribution in [0.4, 0.5) is 5.69 Å². The summed E-state index contributed by atoms with van der Waals surface area (Å²) in [5, 5.41) is 22.3. The highest BCUT2D eigenvalue weighted by molar-refractivity contribution is 5.96. The first kappa shape index (κ1) is 15.1. The largest absolute Gasteiger partial charge is 0.396 e. The SMILES string of the molecule is Cc1c(C(=O)NCC(C)CCO)cccc1[N+](=O)[O-]. The van der Waals surface area contributed by atoms with E-state index in [0.29, 0.717) is 24.1 Å². The van der Waals surface area contributed by atoms with Gasteiger partial charge in [-0.3, -0.25) is 14.9 Å². The molecule has 0 aliphatic rings. The first-order chi connectivity index (χ1) is 8.97. The Balaban J connectivity index is 2.78. The van der Waals surface area contributed by atoms with Crippen LogP contribution < -0.4 is 5.32 Å². The van der Waals surface area contributed by atoms with E-state index in [1.165, 1.54) is 12.1 Å². The van der Waals surface area contributed by atoms with Crippen molar-refractivity contribution in [1.29, 1.82) is 0 Å². The molecule has 6 heteroatoms. The highest BCUT2D eigenvalue weighted by Gasteiger charge is 2.17. The Morgan fingerprint density at radius 2 is 2.21 bits per heavy atom. The summed E-state index contributed by atoms with van der Waals surface area (Å²) in [6.07, 6.45) is 0.605. The Hall–Kier alpha value is -1.95. The Kier molecular flexibility index (Phi) is 5.44. The van der Waals surface area contributed by atoms with Gasteiger partial charge in [0, 0.05) is 30.3 Å². The zero-order valence-electron chi connectivity index (χ0n) is 11.0. The molecule has 0 fully saturated rings. The van der Waals surface area contributed by atoms with Gasteiger partial charge in [-0.1, -0.05) is 13.0 Å². The summed E-state index contributed by atoms with van der Waals surface area (Å²) in [5.74, 6) is -0.168. The molecule has 1 aromatic rings. The molecule has 2 N–H and O–H groups in total. The van der Waals surface area contributed by atoms with Crippen molar-refractivity contribution in [3.05, 3.63) is 39.4 Å². The third-order valence-electron chi connectivity index (χ3n) is 2.98. The predicted octanol–water partition coefficient (Wildman–Crippen LogP) is 1.65. The first-order valence-electron chi connectivity index (χ1n) is 6.10. The van der Waals surface area contributed by atoms with E-state index in [2.05, 4.69) is 5.32 Å². The maximum absolute atomic E-state index is 12.0. The number of rotatable bonds is 6. The highest BCUT2D eigenvalue weighted by atomic mass is 16.6. The molecule has 0 aliphatic carbocycles. The molecule has 0 saturated carbocycles. The molecule has 6 nitrogen and oxygen atoms in total. The van der Waals surface area contributed by atoms with Gasteiger partial charge >= 0.3 is 0 Å². The standard InChI is InChI=1S/C13H18N2O4/c1-9(6-7-16)8-14-13(17)11-4-3-5-12(10(11)2)15(18)19/h3-5,9,16H,6-8H2,1-2H3,(H,14,17). The Morgan fingerprint density at radius 3 is 2.79 bits per heavy atom. The molecule has 104 valence electrons. The average molecular weight is 266 g/mol. The number of hydrogen-bond donors (Lipinski definition) is 2. The van der Waals surface area contributed by atoms with Crippen LogP contribution in [0.3, 0.4) is 0 Å². The van der Waals surface area contributed by atoms with Gasteiger partial charge in [-0.2, -0.15) is 0 Å². The minimum absolute atomic E-state index is 0.0592.